The zero-order valence-electron chi connectivity index (χ0n) is 14.2. The fourth-order valence-corrected chi connectivity index (χ4v) is 2.40. The summed E-state index contributed by atoms with van der Waals surface area (Å²) in [4.78, 5) is 9.41. The van der Waals surface area contributed by atoms with Crippen LogP contribution in [-0.2, 0) is 4.84 Å². The quantitative estimate of drug-likeness (QED) is 0.710. The van der Waals surface area contributed by atoms with E-state index >= 15 is 0 Å². The first-order valence-electron chi connectivity index (χ1n) is 8.29. The summed E-state index contributed by atoms with van der Waals surface area (Å²) in [5, 5.41) is 8.13. The molecule has 25 heavy (non-hydrogen) atoms. The van der Waals surface area contributed by atoms with E-state index in [1.165, 1.54) is 6.33 Å². The molecule has 6 heteroatoms. The van der Waals surface area contributed by atoms with Crippen molar-refractivity contribution in [3.63, 3.8) is 0 Å². The Morgan fingerprint density at radius 3 is 2.40 bits per heavy atom. The lowest BCUT2D eigenvalue weighted by Crippen LogP contribution is -2.10. The number of benzene rings is 2. The van der Waals surface area contributed by atoms with Crippen molar-refractivity contribution >= 4 is 5.84 Å². The number of hydrogen-bond acceptors (Lipinski definition) is 5. The number of rotatable bonds is 3. The summed E-state index contributed by atoms with van der Waals surface area (Å²) in [6.45, 7) is 4.00. The van der Waals surface area contributed by atoms with E-state index in [9.17, 15) is 0 Å². The largest absolute Gasteiger partial charge is 0.457 e. The average molecular weight is 336 g/mol. The van der Waals surface area contributed by atoms with Crippen LogP contribution in [0, 0.1) is 0 Å². The average Bonchev–Trinajstić information content (AvgIpc) is 3.37. The van der Waals surface area contributed by atoms with Gasteiger partial charge in [-0.1, -0.05) is 49.3 Å². The third-order valence-electron chi connectivity index (χ3n) is 3.57. The molecule has 0 saturated heterocycles. The Hall–Kier alpha value is -3.15. The third-order valence-corrected chi connectivity index (χ3v) is 3.57. The van der Waals surface area contributed by atoms with Crippen LogP contribution in [0.5, 0.6) is 11.5 Å². The minimum absolute atomic E-state index is 0.111. The molecule has 2 heterocycles. The maximum Gasteiger partial charge on any atom is 0.175 e. The predicted molar refractivity (Wildman–Crippen MR) is 95.6 cm³/mol. The molecule has 1 aliphatic rings. The first kappa shape index (κ1) is 16.7. The Morgan fingerprint density at radius 1 is 1.00 bits per heavy atom. The summed E-state index contributed by atoms with van der Waals surface area (Å²) in [6, 6.07) is 17.5. The standard InChI is InChI=1S/C17H14N4O2.C2H6/c1-2-4-14(5-3-1)22-15-8-6-13(7-9-15)16-10-17(20-23-16)21-12-18-11-19-21;1-2/h1-9,11-12,16H,10H2;1-2H3/t16-;/m0./s1. The van der Waals surface area contributed by atoms with Gasteiger partial charge in [-0.3, -0.25) is 0 Å². The third kappa shape index (κ3) is 4.03. The van der Waals surface area contributed by atoms with Crippen LogP contribution in [0.4, 0.5) is 0 Å². The van der Waals surface area contributed by atoms with Gasteiger partial charge in [-0.15, -0.1) is 0 Å². The minimum atomic E-state index is -0.111. The van der Waals surface area contributed by atoms with Crippen LogP contribution in [0.15, 0.2) is 72.4 Å². The molecule has 3 aromatic rings. The first-order chi connectivity index (χ1) is 12.4. The molecule has 0 saturated carbocycles. The highest BCUT2D eigenvalue weighted by Crippen LogP contribution is 2.29. The molecule has 6 nitrogen and oxygen atoms in total. The highest BCUT2D eigenvalue weighted by atomic mass is 16.6. The number of aromatic nitrogens is 3. The van der Waals surface area contributed by atoms with Crippen LogP contribution in [0.25, 0.3) is 0 Å². The van der Waals surface area contributed by atoms with E-state index in [0.29, 0.717) is 6.42 Å². The molecule has 0 bridgehead atoms. The summed E-state index contributed by atoms with van der Waals surface area (Å²) < 4.78 is 7.40. The smallest absolute Gasteiger partial charge is 0.175 e. The molecule has 1 atom stereocenters. The number of oxime groups is 1. The Bertz CT molecular complexity index is 799. The molecular weight excluding hydrogens is 316 g/mol. The molecule has 0 amide bonds. The molecule has 2 aromatic carbocycles. The molecule has 0 radical (unpaired) electrons. The molecule has 128 valence electrons. The molecule has 0 fully saturated rings. The normalized spacial score (nSPS) is 15.6. The summed E-state index contributed by atoms with van der Waals surface area (Å²) in [5.74, 6) is 2.35. The van der Waals surface area contributed by atoms with Gasteiger partial charge < -0.3 is 9.57 Å². The van der Waals surface area contributed by atoms with Gasteiger partial charge in [0.25, 0.3) is 0 Å². The van der Waals surface area contributed by atoms with Crippen LogP contribution in [0.1, 0.15) is 31.9 Å². The fourth-order valence-electron chi connectivity index (χ4n) is 2.40. The summed E-state index contributed by atoms with van der Waals surface area (Å²) in [5.41, 5.74) is 1.05. The monoisotopic (exact) mass is 336 g/mol. The topological polar surface area (TPSA) is 61.5 Å². The second-order valence-electron chi connectivity index (χ2n) is 5.13. The fraction of sp³-hybridized carbons (Fsp3) is 0.211. The van der Waals surface area contributed by atoms with Crippen molar-refractivity contribution in [3.8, 4) is 11.5 Å². The number of nitrogens with zero attached hydrogens (tertiary/aromatic N) is 4. The van der Waals surface area contributed by atoms with Crippen LogP contribution < -0.4 is 4.74 Å². The predicted octanol–water partition coefficient (Wildman–Crippen LogP) is 4.42. The van der Waals surface area contributed by atoms with E-state index in [0.717, 1.165) is 22.9 Å². The van der Waals surface area contributed by atoms with Gasteiger partial charge in [0.15, 0.2) is 11.9 Å². The SMILES string of the molecule is CC.c1ccc(Oc2ccc([C@@H]3CC(n4cncn4)=NO3)cc2)cc1. The van der Waals surface area contributed by atoms with Crippen molar-refractivity contribution < 1.29 is 9.57 Å². The molecule has 1 aromatic heterocycles. The van der Waals surface area contributed by atoms with E-state index in [-0.39, 0.29) is 6.10 Å². The van der Waals surface area contributed by atoms with Crippen molar-refractivity contribution in [2.45, 2.75) is 26.4 Å². The van der Waals surface area contributed by atoms with Gasteiger partial charge >= 0.3 is 0 Å². The summed E-state index contributed by atoms with van der Waals surface area (Å²) >= 11 is 0. The van der Waals surface area contributed by atoms with Gasteiger partial charge in [-0.25, -0.2) is 9.67 Å². The zero-order valence-corrected chi connectivity index (χ0v) is 14.2. The van der Waals surface area contributed by atoms with Gasteiger partial charge in [0.1, 0.15) is 24.2 Å². The molecule has 1 aliphatic heterocycles. The lowest BCUT2D eigenvalue weighted by atomic mass is 10.1. The van der Waals surface area contributed by atoms with Gasteiger partial charge in [-0.05, 0) is 29.8 Å². The minimum Gasteiger partial charge on any atom is -0.457 e. The van der Waals surface area contributed by atoms with E-state index in [4.69, 9.17) is 9.57 Å². The Morgan fingerprint density at radius 2 is 1.72 bits per heavy atom. The zero-order chi connectivity index (χ0) is 17.5. The van der Waals surface area contributed by atoms with Crippen molar-refractivity contribution in [3.05, 3.63) is 72.8 Å². The van der Waals surface area contributed by atoms with Crippen LogP contribution in [0.3, 0.4) is 0 Å². The second-order valence-corrected chi connectivity index (χ2v) is 5.13. The van der Waals surface area contributed by atoms with Gasteiger partial charge in [-0.2, -0.15) is 5.10 Å². The molecule has 4 rings (SSSR count). The Kier molecular flexibility index (Phi) is 5.41. The summed E-state index contributed by atoms with van der Waals surface area (Å²) in [7, 11) is 0. The Labute approximate surface area is 146 Å². The highest BCUT2D eigenvalue weighted by Gasteiger charge is 2.24. The highest BCUT2D eigenvalue weighted by molar-refractivity contribution is 5.84. The van der Waals surface area contributed by atoms with Crippen molar-refractivity contribution in [2.24, 2.45) is 5.16 Å². The molecule has 0 spiro atoms. The number of ether oxygens (including phenoxy) is 1. The van der Waals surface area contributed by atoms with Crippen molar-refractivity contribution in [1.82, 2.24) is 14.8 Å². The molecule has 0 aliphatic carbocycles. The van der Waals surface area contributed by atoms with Gasteiger partial charge in [0.05, 0.1) is 6.42 Å². The summed E-state index contributed by atoms with van der Waals surface area (Å²) in [6.07, 6.45) is 3.63. The first-order valence-corrected chi connectivity index (χ1v) is 8.29. The van der Waals surface area contributed by atoms with Gasteiger partial charge in [0, 0.05) is 0 Å². The van der Waals surface area contributed by atoms with Crippen molar-refractivity contribution in [1.29, 1.82) is 0 Å². The van der Waals surface area contributed by atoms with Crippen LogP contribution >= 0.6 is 0 Å². The van der Waals surface area contributed by atoms with Gasteiger partial charge in [0.2, 0.25) is 0 Å². The lowest BCUT2D eigenvalue weighted by molar-refractivity contribution is 0.0856. The van der Waals surface area contributed by atoms with E-state index in [2.05, 4.69) is 15.2 Å². The van der Waals surface area contributed by atoms with Crippen LogP contribution in [0.2, 0.25) is 0 Å². The van der Waals surface area contributed by atoms with E-state index < -0.39 is 0 Å². The Balaban J connectivity index is 0.000000880. The van der Waals surface area contributed by atoms with E-state index in [1.807, 2.05) is 68.4 Å². The molecule has 0 unspecified atom stereocenters. The maximum atomic E-state index is 5.78. The maximum absolute atomic E-state index is 5.78. The second kappa shape index (κ2) is 8.10. The molecule has 0 N–H and O–H groups in total. The van der Waals surface area contributed by atoms with E-state index in [1.54, 1.807) is 11.0 Å². The van der Waals surface area contributed by atoms with Crippen LogP contribution in [-0.4, -0.2) is 20.6 Å². The molecular formula is C19H20N4O2. The lowest BCUT2D eigenvalue weighted by Gasteiger charge is -2.10. The van der Waals surface area contributed by atoms with Crippen molar-refractivity contribution in [2.75, 3.05) is 0 Å². The number of hydrogen-bond donors (Lipinski definition) is 0. The number of para-hydroxylation sites is 1.